The first-order chi connectivity index (χ1) is 10.2. The molecule has 0 spiro atoms. The number of rotatable bonds is 8. The zero-order valence-corrected chi connectivity index (χ0v) is 14.1. The molecule has 0 aliphatic carbocycles. The molecule has 0 atom stereocenters. The van der Waals surface area contributed by atoms with Gasteiger partial charge in [0.15, 0.2) is 0 Å². The minimum Gasteiger partial charge on any atom is -0.383 e. The minimum atomic E-state index is -0.266. The van der Waals surface area contributed by atoms with Gasteiger partial charge in [-0.15, -0.1) is 10.2 Å². The van der Waals surface area contributed by atoms with Crippen LogP contribution >= 0.6 is 27.3 Å². The number of benzene rings is 1. The summed E-state index contributed by atoms with van der Waals surface area (Å²) in [5.41, 5.74) is 0.873. The van der Waals surface area contributed by atoms with Crippen LogP contribution in [0.4, 0.5) is 4.39 Å². The second-order valence-corrected chi connectivity index (χ2v) is 6.39. The van der Waals surface area contributed by atoms with Gasteiger partial charge in [0.1, 0.15) is 15.8 Å². The lowest BCUT2D eigenvalue weighted by molar-refractivity contribution is 0.199. The zero-order valence-electron chi connectivity index (χ0n) is 11.7. The van der Waals surface area contributed by atoms with Crippen molar-refractivity contribution in [3.63, 3.8) is 0 Å². The highest BCUT2D eigenvalue weighted by atomic mass is 79.9. The lowest BCUT2D eigenvalue weighted by Crippen LogP contribution is -2.20. The molecule has 0 aliphatic rings. The Hall–Kier alpha value is -0.890. The molecule has 4 nitrogen and oxygen atoms in total. The smallest absolute Gasteiger partial charge is 0.148 e. The SMILES string of the molecule is COCCNCCCc1nnc(-c2ccc(F)cc2Br)s1. The molecule has 2 aromatic rings. The van der Waals surface area contributed by atoms with Crippen molar-refractivity contribution in [3.05, 3.63) is 33.5 Å². The predicted molar refractivity (Wildman–Crippen MR) is 86.1 cm³/mol. The van der Waals surface area contributed by atoms with Crippen molar-refractivity contribution in [1.82, 2.24) is 15.5 Å². The molecule has 0 fully saturated rings. The van der Waals surface area contributed by atoms with Crippen molar-refractivity contribution in [2.24, 2.45) is 0 Å². The van der Waals surface area contributed by atoms with Crippen molar-refractivity contribution in [2.45, 2.75) is 12.8 Å². The van der Waals surface area contributed by atoms with E-state index in [1.165, 1.54) is 12.1 Å². The molecule has 0 radical (unpaired) electrons. The second-order valence-electron chi connectivity index (χ2n) is 4.47. The molecule has 0 unspecified atom stereocenters. The van der Waals surface area contributed by atoms with Crippen LogP contribution in [0, 0.1) is 5.82 Å². The summed E-state index contributed by atoms with van der Waals surface area (Å²) in [4.78, 5) is 0. The third-order valence-corrected chi connectivity index (χ3v) is 4.53. The first-order valence-corrected chi connectivity index (χ1v) is 8.29. The molecule has 0 bridgehead atoms. The Labute approximate surface area is 135 Å². The summed E-state index contributed by atoms with van der Waals surface area (Å²) in [5, 5.41) is 13.5. The fourth-order valence-electron chi connectivity index (χ4n) is 1.79. The van der Waals surface area contributed by atoms with Gasteiger partial charge in [-0.1, -0.05) is 11.3 Å². The summed E-state index contributed by atoms with van der Waals surface area (Å²) in [6.07, 6.45) is 1.89. The number of nitrogens with one attached hydrogen (secondary N) is 1. The van der Waals surface area contributed by atoms with E-state index in [1.54, 1.807) is 24.5 Å². The van der Waals surface area contributed by atoms with E-state index in [0.717, 1.165) is 48.1 Å². The molecule has 0 saturated heterocycles. The summed E-state index contributed by atoms with van der Waals surface area (Å²) >= 11 is 4.91. The van der Waals surface area contributed by atoms with Crippen LogP contribution in [0.5, 0.6) is 0 Å². The van der Waals surface area contributed by atoms with Crippen LogP contribution in [-0.2, 0) is 11.2 Å². The van der Waals surface area contributed by atoms with Crippen molar-refractivity contribution >= 4 is 27.3 Å². The number of halogens is 2. The Morgan fingerprint density at radius 1 is 1.33 bits per heavy atom. The maximum absolute atomic E-state index is 13.1. The first-order valence-electron chi connectivity index (χ1n) is 6.68. The number of ether oxygens (including phenoxy) is 1. The van der Waals surface area contributed by atoms with E-state index in [-0.39, 0.29) is 5.82 Å². The molecule has 21 heavy (non-hydrogen) atoms. The molecule has 7 heteroatoms. The maximum Gasteiger partial charge on any atom is 0.148 e. The number of nitrogens with zero attached hydrogens (tertiary/aromatic N) is 2. The van der Waals surface area contributed by atoms with Crippen molar-refractivity contribution in [1.29, 1.82) is 0 Å². The van der Waals surface area contributed by atoms with Crippen LogP contribution in [0.1, 0.15) is 11.4 Å². The highest BCUT2D eigenvalue weighted by Gasteiger charge is 2.10. The highest BCUT2D eigenvalue weighted by molar-refractivity contribution is 9.10. The summed E-state index contributed by atoms with van der Waals surface area (Å²) in [5.74, 6) is -0.266. The van der Waals surface area contributed by atoms with Gasteiger partial charge in [0.05, 0.1) is 6.61 Å². The average molecular weight is 374 g/mol. The second kappa shape index (κ2) is 8.53. The molecule has 1 heterocycles. The standard InChI is InChI=1S/C14H17BrFN3OS/c1-20-8-7-17-6-2-3-13-18-19-14(21-13)11-5-4-10(16)9-12(11)15/h4-5,9,17H,2-3,6-8H2,1H3. The van der Waals surface area contributed by atoms with Crippen LogP contribution in [0.2, 0.25) is 0 Å². The minimum absolute atomic E-state index is 0.266. The van der Waals surface area contributed by atoms with Gasteiger partial charge < -0.3 is 10.1 Å². The third-order valence-electron chi connectivity index (χ3n) is 2.86. The fourth-order valence-corrected chi connectivity index (χ4v) is 3.38. The molecule has 1 N–H and O–H groups in total. The van der Waals surface area contributed by atoms with Gasteiger partial charge in [-0.25, -0.2) is 4.39 Å². The molecule has 0 saturated carbocycles. The number of aromatic nitrogens is 2. The Balaban J connectivity index is 1.86. The van der Waals surface area contributed by atoms with Gasteiger partial charge in [0.25, 0.3) is 0 Å². The van der Waals surface area contributed by atoms with E-state index >= 15 is 0 Å². The molecule has 2 rings (SSSR count). The van der Waals surface area contributed by atoms with E-state index in [0.29, 0.717) is 4.47 Å². The first kappa shape index (κ1) is 16.5. The van der Waals surface area contributed by atoms with E-state index in [2.05, 4.69) is 31.4 Å². The maximum atomic E-state index is 13.1. The lowest BCUT2D eigenvalue weighted by Gasteiger charge is -2.02. The van der Waals surface area contributed by atoms with Gasteiger partial charge in [-0.05, 0) is 47.1 Å². The van der Waals surface area contributed by atoms with E-state index in [4.69, 9.17) is 4.74 Å². The van der Waals surface area contributed by atoms with Gasteiger partial charge in [0, 0.05) is 30.1 Å². The van der Waals surface area contributed by atoms with Crippen LogP contribution < -0.4 is 5.32 Å². The molecule has 0 amide bonds. The number of hydrogen-bond acceptors (Lipinski definition) is 5. The van der Waals surface area contributed by atoms with Gasteiger partial charge in [-0.3, -0.25) is 0 Å². The van der Waals surface area contributed by atoms with Gasteiger partial charge in [0.2, 0.25) is 0 Å². The fraction of sp³-hybridized carbons (Fsp3) is 0.429. The van der Waals surface area contributed by atoms with E-state index in [1.807, 2.05) is 0 Å². The third kappa shape index (κ3) is 5.10. The van der Waals surface area contributed by atoms with Gasteiger partial charge >= 0.3 is 0 Å². The number of hydrogen-bond donors (Lipinski definition) is 1. The molecular weight excluding hydrogens is 357 g/mol. The molecule has 0 aliphatic heterocycles. The van der Waals surface area contributed by atoms with Crippen LogP contribution in [-0.4, -0.2) is 37.0 Å². The van der Waals surface area contributed by atoms with Crippen molar-refractivity contribution in [3.8, 4) is 10.6 Å². The topological polar surface area (TPSA) is 47.0 Å². The molecule has 1 aromatic carbocycles. The number of methoxy groups -OCH3 is 1. The Kier molecular flexibility index (Phi) is 6.69. The van der Waals surface area contributed by atoms with E-state index < -0.39 is 0 Å². The van der Waals surface area contributed by atoms with E-state index in [9.17, 15) is 4.39 Å². The summed E-state index contributed by atoms with van der Waals surface area (Å²) < 4.78 is 18.7. The zero-order chi connectivity index (χ0) is 15.1. The molecule has 114 valence electrons. The predicted octanol–water partition coefficient (Wildman–Crippen LogP) is 3.28. The Morgan fingerprint density at radius 2 is 2.19 bits per heavy atom. The van der Waals surface area contributed by atoms with Crippen LogP contribution in [0.15, 0.2) is 22.7 Å². The van der Waals surface area contributed by atoms with Crippen molar-refractivity contribution < 1.29 is 9.13 Å². The Morgan fingerprint density at radius 3 is 2.95 bits per heavy atom. The van der Waals surface area contributed by atoms with Crippen LogP contribution in [0.25, 0.3) is 10.6 Å². The van der Waals surface area contributed by atoms with Crippen LogP contribution in [0.3, 0.4) is 0 Å². The lowest BCUT2D eigenvalue weighted by atomic mass is 10.2. The quantitative estimate of drug-likeness (QED) is 0.721. The molecular formula is C14H17BrFN3OS. The highest BCUT2D eigenvalue weighted by Crippen LogP contribution is 2.31. The number of aryl methyl sites for hydroxylation is 1. The molecule has 1 aromatic heterocycles. The summed E-state index contributed by atoms with van der Waals surface area (Å²) in [6.45, 7) is 2.51. The van der Waals surface area contributed by atoms with Crippen molar-refractivity contribution in [2.75, 3.05) is 26.8 Å². The monoisotopic (exact) mass is 373 g/mol. The van der Waals surface area contributed by atoms with Gasteiger partial charge in [-0.2, -0.15) is 0 Å². The largest absolute Gasteiger partial charge is 0.383 e. The summed E-state index contributed by atoms with van der Waals surface area (Å²) in [7, 11) is 1.69. The average Bonchev–Trinajstić information content (AvgIpc) is 2.91. The summed E-state index contributed by atoms with van der Waals surface area (Å²) in [6, 6.07) is 4.59. The Bertz CT molecular complexity index is 579. The normalized spacial score (nSPS) is 11.0.